The van der Waals surface area contributed by atoms with E-state index in [0.717, 1.165) is 28.9 Å². The molecule has 2 amide bonds. The monoisotopic (exact) mass is 413 g/mol. The van der Waals surface area contributed by atoms with E-state index in [0.29, 0.717) is 26.1 Å². The summed E-state index contributed by atoms with van der Waals surface area (Å²) in [4.78, 5) is 26.4. The van der Waals surface area contributed by atoms with Gasteiger partial charge in [-0.25, -0.2) is 0 Å². The summed E-state index contributed by atoms with van der Waals surface area (Å²) >= 11 is 0. The van der Waals surface area contributed by atoms with Crippen molar-refractivity contribution in [2.75, 3.05) is 24.5 Å². The lowest BCUT2D eigenvalue weighted by atomic mass is 9.88. The van der Waals surface area contributed by atoms with Gasteiger partial charge in [0.25, 0.3) is 0 Å². The molecule has 1 aliphatic heterocycles. The normalized spacial score (nSPS) is 13.7. The molecule has 2 N–H and O–H groups in total. The molecule has 3 aromatic carbocycles. The molecule has 0 aromatic heterocycles. The maximum absolute atomic E-state index is 12.8. The maximum atomic E-state index is 12.8. The van der Waals surface area contributed by atoms with Crippen molar-refractivity contribution in [1.82, 2.24) is 10.6 Å². The van der Waals surface area contributed by atoms with E-state index >= 15 is 0 Å². The predicted octanol–water partition coefficient (Wildman–Crippen LogP) is 3.46. The molecule has 5 nitrogen and oxygen atoms in total. The average Bonchev–Trinajstić information content (AvgIpc) is 2.83. The number of carbonyl (C=O) groups is 2. The molecule has 1 fully saturated rings. The number of benzene rings is 3. The number of rotatable bonds is 7. The second kappa shape index (κ2) is 9.94. The van der Waals surface area contributed by atoms with Gasteiger partial charge in [0.05, 0.1) is 6.54 Å². The van der Waals surface area contributed by atoms with Crippen LogP contribution in [0.2, 0.25) is 0 Å². The van der Waals surface area contributed by atoms with Gasteiger partial charge in [0, 0.05) is 37.7 Å². The first kappa shape index (κ1) is 20.7. The molecule has 0 bridgehead atoms. The van der Waals surface area contributed by atoms with Gasteiger partial charge in [0.1, 0.15) is 0 Å². The Morgan fingerprint density at radius 2 is 1.52 bits per heavy atom. The molecule has 3 aromatic rings. The number of hydrogen-bond acceptors (Lipinski definition) is 3. The molecular formula is C26H27N3O2. The Balaban J connectivity index is 1.37. The van der Waals surface area contributed by atoms with E-state index in [2.05, 4.69) is 39.8 Å². The molecule has 1 saturated heterocycles. The fourth-order valence-corrected chi connectivity index (χ4v) is 3.94. The van der Waals surface area contributed by atoms with Crippen LogP contribution in [0.3, 0.4) is 0 Å². The number of carbonyl (C=O) groups excluding carboxylic acids is 2. The highest BCUT2D eigenvalue weighted by Crippen LogP contribution is 2.27. The molecule has 0 atom stereocenters. The zero-order chi connectivity index (χ0) is 21.5. The van der Waals surface area contributed by atoms with Crippen molar-refractivity contribution in [3.05, 3.63) is 102 Å². The van der Waals surface area contributed by atoms with Crippen LogP contribution in [0.5, 0.6) is 0 Å². The molecule has 5 heteroatoms. The topological polar surface area (TPSA) is 61.4 Å². The zero-order valence-corrected chi connectivity index (χ0v) is 17.5. The lowest BCUT2D eigenvalue weighted by Gasteiger charge is -2.28. The van der Waals surface area contributed by atoms with Crippen LogP contribution in [0.4, 0.5) is 5.69 Å². The first-order valence-corrected chi connectivity index (χ1v) is 10.7. The van der Waals surface area contributed by atoms with Crippen LogP contribution in [0.1, 0.15) is 29.0 Å². The van der Waals surface area contributed by atoms with E-state index in [1.54, 1.807) is 0 Å². The highest BCUT2D eigenvalue weighted by Gasteiger charge is 2.18. The van der Waals surface area contributed by atoms with Gasteiger partial charge in [-0.2, -0.15) is 0 Å². The van der Waals surface area contributed by atoms with E-state index < -0.39 is 0 Å². The maximum Gasteiger partial charge on any atom is 0.239 e. The smallest absolute Gasteiger partial charge is 0.239 e. The molecule has 0 unspecified atom stereocenters. The van der Waals surface area contributed by atoms with Crippen LogP contribution < -0.4 is 15.5 Å². The Bertz CT molecular complexity index is 964. The lowest BCUT2D eigenvalue weighted by Crippen LogP contribution is -2.47. The third-order valence-electron chi connectivity index (χ3n) is 5.62. The van der Waals surface area contributed by atoms with Gasteiger partial charge in [-0.1, -0.05) is 72.8 Å². The highest BCUT2D eigenvalue weighted by molar-refractivity contribution is 5.82. The van der Waals surface area contributed by atoms with E-state index in [-0.39, 0.29) is 17.7 Å². The van der Waals surface area contributed by atoms with Crippen molar-refractivity contribution in [2.24, 2.45) is 0 Å². The fourth-order valence-electron chi connectivity index (χ4n) is 3.94. The van der Waals surface area contributed by atoms with Crippen molar-refractivity contribution >= 4 is 17.5 Å². The molecule has 0 radical (unpaired) electrons. The van der Waals surface area contributed by atoms with Crippen LogP contribution >= 0.6 is 0 Å². The zero-order valence-electron chi connectivity index (χ0n) is 17.5. The molecule has 0 aliphatic carbocycles. The molecule has 158 valence electrons. The average molecular weight is 414 g/mol. The highest BCUT2D eigenvalue weighted by atomic mass is 16.2. The largest absolute Gasteiger partial charge is 0.360 e. The summed E-state index contributed by atoms with van der Waals surface area (Å²) < 4.78 is 0. The molecule has 1 heterocycles. The first-order valence-electron chi connectivity index (χ1n) is 10.7. The van der Waals surface area contributed by atoms with Crippen molar-refractivity contribution in [1.29, 1.82) is 0 Å². The van der Waals surface area contributed by atoms with E-state index in [9.17, 15) is 9.59 Å². The van der Waals surface area contributed by atoms with Gasteiger partial charge in [-0.05, 0) is 28.8 Å². The minimum atomic E-state index is 0.0227. The molecule has 0 saturated carbocycles. The Labute approximate surface area is 183 Å². The molecule has 31 heavy (non-hydrogen) atoms. The van der Waals surface area contributed by atoms with E-state index in [1.807, 2.05) is 60.7 Å². The second-order valence-corrected chi connectivity index (χ2v) is 7.79. The third kappa shape index (κ3) is 5.51. The van der Waals surface area contributed by atoms with Crippen LogP contribution in [-0.2, 0) is 16.1 Å². The minimum Gasteiger partial charge on any atom is -0.360 e. The van der Waals surface area contributed by atoms with Crippen molar-refractivity contribution in [2.45, 2.75) is 18.9 Å². The Morgan fingerprint density at radius 3 is 2.10 bits per heavy atom. The van der Waals surface area contributed by atoms with Crippen molar-refractivity contribution in [3.63, 3.8) is 0 Å². The quantitative estimate of drug-likeness (QED) is 0.624. The number of nitrogens with zero attached hydrogens (tertiary/aromatic N) is 1. The number of nitrogens with one attached hydrogen (secondary N) is 2. The van der Waals surface area contributed by atoms with Gasteiger partial charge in [-0.3, -0.25) is 9.59 Å². The van der Waals surface area contributed by atoms with Crippen molar-refractivity contribution < 1.29 is 9.59 Å². The Hall–Kier alpha value is -3.60. The number of amides is 2. The predicted molar refractivity (Wildman–Crippen MR) is 123 cm³/mol. The van der Waals surface area contributed by atoms with Gasteiger partial charge < -0.3 is 15.5 Å². The lowest BCUT2D eigenvalue weighted by molar-refractivity contribution is -0.121. The van der Waals surface area contributed by atoms with Gasteiger partial charge in [0.2, 0.25) is 11.8 Å². The van der Waals surface area contributed by atoms with Crippen LogP contribution in [0.25, 0.3) is 0 Å². The first-order chi connectivity index (χ1) is 15.2. The van der Waals surface area contributed by atoms with Gasteiger partial charge in [0.15, 0.2) is 0 Å². The van der Waals surface area contributed by atoms with Crippen LogP contribution in [-0.4, -0.2) is 31.4 Å². The van der Waals surface area contributed by atoms with Crippen LogP contribution in [0, 0.1) is 0 Å². The molecular weight excluding hydrogens is 386 g/mol. The standard InChI is InChI=1S/C26H27N3O2/c30-25(17-24(21-7-3-1-4-8-21)22-9-5-2-6-10-22)28-18-20-11-13-23(14-12-20)29-16-15-27-26(31)19-29/h1-14,24H,15-19H2,(H,27,31)(H,28,30). The summed E-state index contributed by atoms with van der Waals surface area (Å²) in [6.07, 6.45) is 0.398. The molecule has 1 aliphatic rings. The summed E-state index contributed by atoms with van der Waals surface area (Å²) in [5.74, 6) is 0.0958. The summed E-state index contributed by atoms with van der Waals surface area (Å²) in [7, 11) is 0. The molecule has 0 spiro atoms. The van der Waals surface area contributed by atoms with E-state index in [1.165, 1.54) is 0 Å². The number of piperazine rings is 1. The SMILES string of the molecule is O=C(CC(c1ccccc1)c1ccccc1)NCc1ccc(N2CCNC(=O)C2)cc1. The number of hydrogen-bond donors (Lipinski definition) is 2. The Morgan fingerprint density at radius 1 is 0.903 bits per heavy atom. The summed E-state index contributed by atoms with van der Waals surface area (Å²) in [6.45, 7) is 2.34. The number of anilines is 1. The minimum absolute atomic E-state index is 0.0227. The third-order valence-corrected chi connectivity index (χ3v) is 5.62. The van der Waals surface area contributed by atoms with Gasteiger partial charge in [-0.15, -0.1) is 0 Å². The molecule has 4 rings (SSSR count). The summed E-state index contributed by atoms with van der Waals surface area (Å²) in [5.41, 5.74) is 4.34. The Kier molecular flexibility index (Phi) is 6.62. The summed E-state index contributed by atoms with van der Waals surface area (Å²) in [5, 5.41) is 5.90. The van der Waals surface area contributed by atoms with E-state index in [4.69, 9.17) is 0 Å². The van der Waals surface area contributed by atoms with Crippen molar-refractivity contribution in [3.8, 4) is 0 Å². The van der Waals surface area contributed by atoms with Gasteiger partial charge >= 0.3 is 0 Å². The summed E-state index contributed by atoms with van der Waals surface area (Å²) in [6, 6.07) is 28.4. The fraction of sp³-hybridized carbons (Fsp3) is 0.231. The van der Waals surface area contributed by atoms with Crippen LogP contribution in [0.15, 0.2) is 84.9 Å². The second-order valence-electron chi connectivity index (χ2n) is 7.79.